The largest absolute Gasteiger partial charge is 0.282 e. The van der Waals surface area contributed by atoms with Crippen molar-refractivity contribution in [2.75, 3.05) is 0 Å². The minimum Gasteiger partial charge on any atom is -0.282 e. The van der Waals surface area contributed by atoms with Crippen molar-refractivity contribution in [3.8, 4) is 0 Å². The highest BCUT2D eigenvalue weighted by molar-refractivity contribution is 5.94. The summed E-state index contributed by atoms with van der Waals surface area (Å²) in [5.74, 6) is 0. The van der Waals surface area contributed by atoms with E-state index in [2.05, 4.69) is 52.0 Å². The van der Waals surface area contributed by atoms with Crippen LogP contribution in [0.25, 0.3) is 0 Å². The molecule has 1 aromatic carbocycles. The van der Waals surface area contributed by atoms with Crippen molar-refractivity contribution < 1.29 is 0 Å². The highest BCUT2D eigenvalue weighted by Gasteiger charge is 2.15. The number of aliphatic imine (C=N–C) groups is 1. The zero-order valence-electron chi connectivity index (χ0n) is 10.5. The van der Waals surface area contributed by atoms with Gasteiger partial charge in [-0.2, -0.15) is 0 Å². The standard InChI is InChI=1S/C15H19N/c1-10-5-11(2)8-14(7-10)15-9-12(3)6-13(4)16-15/h5-8,15H,9H2,1-4H3. The van der Waals surface area contributed by atoms with E-state index in [4.69, 9.17) is 4.99 Å². The molecule has 1 aliphatic heterocycles. The Kier molecular flexibility index (Phi) is 2.95. The summed E-state index contributed by atoms with van der Waals surface area (Å²) in [5, 5.41) is 0. The predicted molar refractivity (Wildman–Crippen MR) is 70.1 cm³/mol. The molecule has 1 aliphatic rings. The molecule has 1 unspecified atom stereocenters. The van der Waals surface area contributed by atoms with Crippen molar-refractivity contribution >= 4 is 5.71 Å². The summed E-state index contributed by atoms with van der Waals surface area (Å²) in [5.41, 5.74) is 6.58. The number of rotatable bonds is 1. The van der Waals surface area contributed by atoms with E-state index in [1.165, 1.54) is 22.3 Å². The topological polar surface area (TPSA) is 12.4 Å². The molecule has 1 atom stereocenters. The molecule has 2 rings (SSSR count). The maximum absolute atomic E-state index is 4.73. The summed E-state index contributed by atoms with van der Waals surface area (Å²) < 4.78 is 0. The summed E-state index contributed by atoms with van der Waals surface area (Å²) in [6.45, 7) is 8.57. The maximum atomic E-state index is 4.73. The molecule has 1 heterocycles. The normalized spacial score (nSPS) is 20.4. The van der Waals surface area contributed by atoms with Crippen molar-refractivity contribution in [1.82, 2.24) is 0 Å². The molecule has 0 aliphatic carbocycles. The van der Waals surface area contributed by atoms with E-state index in [-0.39, 0.29) is 0 Å². The number of aryl methyl sites for hydroxylation is 2. The second-order valence-electron chi connectivity index (χ2n) is 4.90. The Morgan fingerprint density at radius 1 is 1.00 bits per heavy atom. The molecule has 0 spiro atoms. The van der Waals surface area contributed by atoms with Crippen molar-refractivity contribution in [1.29, 1.82) is 0 Å². The van der Waals surface area contributed by atoms with Crippen LogP contribution in [0.5, 0.6) is 0 Å². The molecule has 0 amide bonds. The monoisotopic (exact) mass is 213 g/mol. The van der Waals surface area contributed by atoms with E-state index in [9.17, 15) is 0 Å². The zero-order chi connectivity index (χ0) is 11.7. The van der Waals surface area contributed by atoms with Crippen LogP contribution in [0.2, 0.25) is 0 Å². The summed E-state index contributed by atoms with van der Waals surface area (Å²) in [6, 6.07) is 7.05. The van der Waals surface area contributed by atoms with Crippen LogP contribution in [-0.2, 0) is 0 Å². The van der Waals surface area contributed by atoms with Crippen LogP contribution in [0.1, 0.15) is 43.0 Å². The van der Waals surface area contributed by atoms with Crippen LogP contribution >= 0.6 is 0 Å². The Bertz CT molecular complexity index is 446. The van der Waals surface area contributed by atoms with E-state index in [1.54, 1.807) is 0 Å². The number of nitrogens with zero attached hydrogens (tertiary/aromatic N) is 1. The van der Waals surface area contributed by atoms with Crippen LogP contribution in [0.4, 0.5) is 0 Å². The summed E-state index contributed by atoms with van der Waals surface area (Å²) in [4.78, 5) is 4.73. The highest BCUT2D eigenvalue weighted by Crippen LogP contribution is 2.29. The third-order valence-corrected chi connectivity index (χ3v) is 2.96. The van der Waals surface area contributed by atoms with E-state index in [1.807, 2.05) is 0 Å². The fourth-order valence-corrected chi connectivity index (χ4v) is 2.44. The minimum absolute atomic E-state index is 0.323. The first kappa shape index (κ1) is 11.1. The lowest BCUT2D eigenvalue weighted by Gasteiger charge is -2.19. The molecule has 0 fully saturated rings. The Hall–Kier alpha value is -1.37. The molecule has 1 heteroatoms. The molecule has 0 bridgehead atoms. The Morgan fingerprint density at radius 3 is 2.19 bits per heavy atom. The lowest BCUT2D eigenvalue weighted by Crippen LogP contribution is -2.06. The van der Waals surface area contributed by atoms with Gasteiger partial charge in [0.2, 0.25) is 0 Å². The third-order valence-electron chi connectivity index (χ3n) is 2.96. The SMILES string of the molecule is CC1=CC(C)=NC(c2cc(C)cc(C)c2)C1. The van der Waals surface area contributed by atoms with Crippen LogP contribution in [0.15, 0.2) is 34.8 Å². The maximum Gasteiger partial charge on any atom is 0.0789 e. The summed E-state index contributed by atoms with van der Waals surface area (Å²) in [6.07, 6.45) is 3.24. The predicted octanol–water partition coefficient (Wildman–Crippen LogP) is 4.16. The van der Waals surface area contributed by atoms with Crippen LogP contribution in [-0.4, -0.2) is 5.71 Å². The molecule has 84 valence electrons. The first-order valence-corrected chi connectivity index (χ1v) is 5.84. The second-order valence-corrected chi connectivity index (χ2v) is 4.90. The Labute approximate surface area is 97.9 Å². The van der Waals surface area contributed by atoms with Gasteiger partial charge in [-0.05, 0) is 45.8 Å². The summed E-state index contributed by atoms with van der Waals surface area (Å²) >= 11 is 0. The second kappa shape index (κ2) is 4.25. The van der Waals surface area contributed by atoms with Gasteiger partial charge in [0.15, 0.2) is 0 Å². The van der Waals surface area contributed by atoms with Crippen molar-refractivity contribution in [2.45, 2.75) is 40.2 Å². The Morgan fingerprint density at radius 2 is 1.62 bits per heavy atom. The minimum atomic E-state index is 0.323. The number of dihydropyridines is 1. The molecule has 0 saturated heterocycles. The van der Waals surface area contributed by atoms with Gasteiger partial charge in [-0.25, -0.2) is 0 Å². The molecule has 0 aromatic heterocycles. The molecule has 0 N–H and O–H groups in total. The fraction of sp³-hybridized carbons (Fsp3) is 0.400. The van der Waals surface area contributed by atoms with Crippen LogP contribution in [0.3, 0.4) is 0 Å². The fourth-order valence-electron chi connectivity index (χ4n) is 2.44. The van der Waals surface area contributed by atoms with Gasteiger partial charge in [-0.3, -0.25) is 4.99 Å². The van der Waals surface area contributed by atoms with Gasteiger partial charge < -0.3 is 0 Å². The molecule has 1 nitrogen and oxygen atoms in total. The van der Waals surface area contributed by atoms with E-state index in [0.717, 1.165) is 12.1 Å². The van der Waals surface area contributed by atoms with Gasteiger partial charge in [-0.1, -0.05) is 34.9 Å². The van der Waals surface area contributed by atoms with Crippen LogP contribution < -0.4 is 0 Å². The van der Waals surface area contributed by atoms with E-state index >= 15 is 0 Å². The smallest absolute Gasteiger partial charge is 0.0789 e. The highest BCUT2D eigenvalue weighted by atomic mass is 14.8. The van der Waals surface area contributed by atoms with E-state index in [0.29, 0.717) is 6.04 Å². The summed E-state index contributed by atoms with van der Waals surface area (Å²) in [7, 11) is 0. The molecule has 0 radical (unpaired) electrons. The van der Waals surface area contributed by atoms with Crippen molar-refractivity contribution in [3.05, 3.63) is 46.5 Å². The Balaban J connectivity index is 2.35. The molecular formula is C15H19N. The molecule has 1 aromatic rings. The molecular weight excluding hydrogens is 194 g/mol. The average Bonchev–Trinajstić information content (AvgIpc) is 2.14. The van der Waals surface area contributed by atoms with Crippen molar-refractivity contribution in [3.63, 3.8) is 0 Å². The van der Waals surface area contributed by atoms with Gasteiger partial charge >= 0.3 is 0 Å². The van der Waals surface area contributed by atoms with Crippen LogP contribution in [0, 0.1) is 13.8 Å². The number of benzene rings is 1. The quantitative estimate of drug-likeness (QED) is 0.664. The first-order valence-electron chi connectivity index (χ1n) is 5.84. The van der Waals surface area contributed by atoms with Crippen molar-refractivity contribution in [2.24, 2.45) is 4.99 Å². The van der Waals surface area contributed by atoms with Gasteiger partial charge in [-0.15, -0.1) is 0 Å². The van der Waals surface area contributed by atoms with Gasteiger partial charge in [0.1, 0.15) is 0 Å². The number of hydrogen-bond donors (Lipinski definition) is 0. The molecule has 16 heavy (non-hydrogen) atoms. The lowest BCUT2D eigenvalue weighted by molar-refractivity contribution is 0.707. The lowest BCUT2D eigenvalue weighted by atomic mass is 9.94. The molecule has 0 saturated carbocycles. The number of hydrogen-bond acceptors (Lipinski definition) is 1. The van der Waals surface area contributed by atoms with Gasteiger partial charge in [0.05, 0.1) is 6.04 Å². The first-order chi connectivity index (χ1) is 7.54. The van der Waals surface area contributed by atoms with E-state index < -0.39 is 0 Å². The average molecular weight is 213 g/mol. The van der Waals surface area contributed by atoms with Gasteiger partial charge in [0, 0.05) is 5.71 Å². The third kappa shape index (κ3) is 2.41. The zero-order valence-corrected chi connectivity index (χ0v) is 10.5. The van der Waals surface area contributed by atoms with Gasteiger partial charge in [0.25, 0.3) is 0 Å². The number of allylic oxidation sites excluding steroid dienone is 1.